The van der Waals surface area contributed by atoms with Gasteiger partial charge in [0.2, 0.25) is 0 Å². The van der Waals surface area contributed by atoms with Gasteiger partial charge >= 0.3 is 0 Å². The maximum atomic E-state index is 13.3. The topological polar surface area (TPSA) is 30.0 Å². The molecule has 1 aliphatic carbocycles. The van der Waals surface area contributed by atoms with E-state index in [1.54, 1.807) is 0 Å². The fourth-order valence-corrected chi connectivity index (χ4v) is 4.65. The van der Waals surface area contributed by atoms with Crippen molar-refractivity contribution in [2.45, 2.75) is 33.6 Å². The van der Waals surface area contributed by atoms with Crippen LogP contribution in [0.2, 0.25) is 0 Å². The number of pyridine rings is 1. The van der Waals surface area contributed by atoms with Crippen molar-refractivity contribution in [1.82, 2.24) is 4.98 Å². The summed E-state index contributed by atoms with van der Waals surface area (Å²) in [6.07, 6.45) is 1.39. The monoisotopic (exact) mass is 365 g/mol. The first-order chi connectivity index (χ1) is 13.4. The Kier molecular flexibility index (Phi) is 3.67. The summed E-state index contributed by atoms with van der Waals surface area (Å²) < 4.78 is 0. The Bertz CT molecular complexity index is 1270. The van der Waals surface area contributed by atoms with E-state index >= 15 is 0 Å². The Morgan fingerprint density at radius 2 is 1.57 bits per heavy atom. The van der Waals surface area contributed by atoms with Crippen molar-refractivity contribution < 1.29 is 4.79 Å². The molecule has 1 aromatic heterocycles. The van der Waals surface area contributed by atoms with Gasteiger partial charge in [-0.25, -0.2) is 0 Å². The van der Waals surface area contributed by atoms with Crippen LogP contribution in [0.3, 0.4) is 0 Å². The summed E-state index contributed by atoms with van der Waals surface area (Å²) in [5, 5.41) is 3.40. The van der Waals surface area contributed by atoms with Gasteiger partial charge in [0.1, 0.15) is 0 Å². The zero-order chi connectivity index (χ0) is 19.5. The fourth-order valence-electron chi connectivity index (χ4n) is 4.65. The number of carbonyl (C=O) groups excluding carboxylic acids is 1. The first-order valence-electron chi connectivity index (χ1n) is 9.88. The number of aromatic nitrogens is 1. The highest BCUT2D eigenvalue weighted by Crippen LogP contribution is 2.43. The van der Waals surface area contributed by atoms with E-state index in [0.717, 1.165) is 45.1 Å². The van der Waals surface area contributed by atoms with Crippen molar-refractivity contribution in [2.75, 3.05) is 0 Å². The van der Waals surface area contributed by atoms with Gasteiger partial charge in [0.25, 0.3) is 0 Å². The van der Waals surface area contributed by atoms with E-state index in [1.807, 2.05) is 0 Å². The lowest BCUT2D eigenvalue weighted by molar-refractivity contribution is 0.0911. The number of nitrogens with zero attached hydrogens (tertiary/aromatic N) is 1. The summed E-state index contributed by atoms with van der Waals surface area (Å²) in [6.45, 7) is 6.44. The number of fused-ring (bicyclic) bond motifs is 4. The van der Waals surface area contributed by atoms with Crippen molar-refractivity contribution in [3.05, 3.63) is 77.5 Å². The van der Waals surface area contributed by atoms with E-state index in [2.05, 4.69) is 81.4 Å². The van der Waals surface area contributed by atoms with Crippen molar-refractivity contribution >= 4 is 27.5 Å². The first-order valence-corrected chi connectivity index (χ1v) is 9.88. The molecule has 0 radical (unpaired) electrons. The van der Waals surface area contributed by atoms with Crippen LogP contribution in [0.1, 0.15) is 41.9 Å². The molecule has 0 amide bonds. The average Bonchev–Trinajstić information content (AvgIpc) is 2.66. The molecule has 5 rings (SSSR count). The molecule has 0 fully saturated rings. The Balaban J connectivity index is 1.98. The van der Waals surface area contributed by atoms with E-state index < -0.39 is 0 Å². The van der Waals surface area contributed by atoms with Crippen molar-refractivity contribution in [3.8, 4) is 11.1 Å². The molecule has 0 unspecified atom stereocenters. The standard InChI is InChI=1S/C26H23NO/c1-16-8-4-6-10-18(16)23-20-13-12-17-9-5-7-11-19(17)25(20)27-21-14-26(2,3)15-22(28)24(21)23/h4-13H,14-15H2,1-3H3. The summed E-state index contributed by atoms with van der Waals surface area (Å²) in [6, 6.07) is 21.0. The van der Waals surface area contributed by atoms with E-state index in [9.17, 15) is 4.79 Å². The molecule has 0 bridgehead atoms. The molecule has 0 saturated heterocycles. The van der Waals surface area contributed by atoms with Gasteiger partial charge in [0.05, 0.1) is 11.2 Å². The van der Waals surface area contributed by atoms with Gasteiger partial charge in [-0.3, -0.25) is 9.78 Å². The molecular weight excluding hydrogens is 342 g/mol. The van der Waals surface area contributed by atoms with Crippen LogP contribution >= 0.6 is 0 Å². The molecule has 2 heteroatoms. The second-order valence-corrected chi connectivity index (χ2v) is 8.75. The normalized spacial score (nSPS) is 15.8. The second-order valence-electron chi connectivity index (χ2n) is 8.75. The van der Waals surface area contributed by atoms with Gasteiger partial charge in [-0.15, -0.1) is 0 Å². The molecule has 0 N–H and O–H groups in total. The van der Waals surface area contributed by atoms with Crippen molar-refractivity contribution in [1.29, 1.82) is 0 Å². The van der Waals surface area contributed by atoms with Gasteiger partial charge in [-0.05, 0) is 35.3 Å². The van der Waals surface area contributed by atoms with Gasteiger partial charge in [-0.1, -0.05) is 74.5 Å². The summed E-state index contributed by atoms with van der Waals surface area (Å²) in [7, 11) is 0. The molecule has 3 aromatic carbocycles. The van der Waals surface area contributed by atoms with Crippen LogP contribution in [0.4, 0.5) is 0 Å². The molecule has 0 aliphatic heterocycles. The summed E-state index contributed by atoms with van der Waals surface area (Å²) in [5.74, 6) is 0.215. The average molecular weight is 365 g/mol. The zero-order valence-electron chi connectivity index (χ0n) is 16.5. The molecule has 1 heterocycles. The van der Waals surface area contributed by atoms with E-state index in [4.69, 9.17) is 4.98 Å². The van der Waals surface area contributed by atoms with Crippen LogP contribution in [-0.4, -0.2) is 10.8 Å². The minimum Gasteiger partial charge on any atom is -0.294 e. The summed E-state index contributed by atoms with van der Waals surface area (Å²) in [5.41, 5.74) is 6.10. The van der Waals surface area contributed by atoms with Crippen LogP contribution in [0.15, 0.2) is 60.7 Å². The molecular formula is C26H23NO. The molecule has 138 valence electrons. The third kappa shape index (κ3) is 2.56. The largest absolute Gasteiger partial charge is 0.294 e. The lowest BCUT2D eigenvalue weighted by Crippen LogP contribution is -2.28. The Hall–Kier alpha value is -3.00. The van der Waals surface area contributed by atoms with E-state index in [-0.39, 0.29) is 11.2 Å². The third-order valence-corrected chi connectivity index (χ3v) is 5.93. The Labute approximate surface area is 165 Å². The van der Waals surface area contributed by atoms with E-state index in [0.29, 0.717) is 6.42 Å². The number of hydrogen-bond acceptors (Lipinski definition) is 2. The lowest BCUT2D eigenvalue weighted by Gasteiger charge is -2.31. The summed E-state index contributed by atoms with van der Waals surface area (Å²) >= 11 is 0. The number of hydrogen-bond donors (Lipinski definition) is 0. The lowest BCUT2D eigenvalue weighted by atomic mass is 9.73. The molecule has 0 spiro atoms. The van der Waals surface area contributed by atoms with Gasteiger partial charge < -0.3 is 0 Å². The maximum absolute atomic E-state index is 13.3. The number of ketones is 1. The molecule has 1 aliphatic rings. The SMILES string of the molecule is Cc1ccccc1-c1c2c(nc3c1ccc1ccccc13)CC(C)(C)CC2=O. The Morgan fingerprint density at radius 1 is 0.821 bits per heavy atom. The summed E-state index contributed by atoms with van der Waals surface area (Å²) in [4.78, 5) is 18.4. The molecule has 4 aromatic rings. The number of benzene rings is 3. The van der Waals surface area contributed by atoms with Crippen LogP contribution in [0, 0.1) is 12.3 Å². The van der Waals surface area contributed by atoms with Crippen molar-refractivity contribution in [2.24, 2.45) is 5.41 Å². The van der Waals surface area contributed by atoms with Gasteiger partial charge in [0.15, 0.2) is 5.78 Å². The van der Waals surface area contributed by atoms with Crippen LogP contribution in [0.25, 0.3) is 32.8 Å². The van der Waals surface area contributed by atoms with Crippen LogP contribution in [0.5, 0.6) is 0 Å². The quantitative estimate of drug-likeness (QED) is 0.359. The number of carbonyl (C=O) groups is 1. The predicted molar refractivity (Wildman–Crippen MR) is 116 cm³/mol. The Morgan fingerprint density at radius 3 is 2.39 bits per heavy atom. The fraction of sp³-hybridized carbons (Fsp3) is 0.231. The highest BCUT2D eigenvalue weighted by atomic mass is 16.1. The third-order valence-electron chi connectivity index (χ3n) is 5.93. The smallest absolute Gasteiger partial charge is 0.165 e. The maximum Gasteiger partial charge on any atom is 0.165 e. The minimum absolute atomic E-state index is 0.0572. The predicted octanol–water partition coefficient (Wildman–Crippen LogP) is 6.52. The molecule has 2 nitrogen and oxygen atoms in total. The van der Waals surface area contributed by atoms with Crippen LogP contribution in [-0.2, 0) is 6.42 Å². The van der Waals surface area contributed by atoms with Crippen molar-refractivity contribution in [3.63, 3.8) is 0 Å². The number of rotatable bonds is 1. The molecule has 28 heavy (non-hydrogen) atoms. The van der Waals surface area contributed by atoms with Crippen LogP contribution < -0.4 is 0 Å². The minimum atomic E-state index is -0.0572. The first kappa shape index (κ1) is 17.1. The number of aryl methyl sites for hydroxylation is 1. The zero-order valence-corrected chi connectivity index (χ0v) is 16.5. The van der Waals surface area contributed by atoms with Gasteiger partial charge in [-0.2, -0.15) is 0 Å². The highest BCUT2D eigenvalue weighted by molar-refractivity contribution is 6.16. The van der Waals surface area contributed by atoms with Gasteiger partial charge in [0, 0.05) is 28.3 Å². The van der Waals surface area contributed by atoms with E-state index in [1.165, 1.54) is 10.9 Å². The second kappa shape index (κ2) is 6.00. The molecule has 0 atom stereocenters. The highest BCUT2D eigenvalue weighted by Gasteiger charge is 2.35. The molecule has 0 saturated carbocycles. The number of Topliss-reactive ketones (excluding diaryl/α,β-unsaturated/α-hetero) is 1.